The molecule has 2 atom stereocenters. The Morgan fingerprint density at radius 1 is 1.39 bits per heavy atom. The standard InChI is InChI=1S/C15H20FNS/c1-10(11-5-6-11)9-17-14-7-8-18-15-12(14)3-2-4-13(15)16/h2-4,10-11,14,17H,5-9H2,1H3. The van der Waals surface area contributed by atoms with E-state index < -0.39 is 0 Å². The molecule has 1 N–H and O–H groups in total. The lowest BCUT2D eigenvalue weighted by Crippen LogP contribution is -2.29. The molecule has 2 unspecified atom stereocenters. The van der Waals surface area contributed by atoms with E-state index in [0.717, 1.165) is 41.0 Å². The van der Waals surface area contributed by atoms with E-state index >= 15 is 0 Å². The van der Waals surface area contributed by atoms with Crippen molar-refractivity contribution in [3.8, 4) is 0 Å². The van der Waals surface area contributed by atoms with Crippen LogP contribution in [0.2, 0.25) is 0 Å². The van der Waals surface area contributed by atoms with E-state index in [2.05, 4.69) is 18.3 Å². The van der Waals surface area contributed by atoms with Crippen LogP contribution in [0.1, 0.15) is 37.8 Å². The second kappa shape index (κ2) is 5.22. The maximum absolute atomic E-state index is 13.7. The van der Waals surface area contributed by atoms with E-state index in [1.165, 1.54) is 12.8 Å². The van der Waals surface area contributed by atoms with E-state index in [0.29, 0.717) is 6.04 Å². The maximum Gasteiger partial charge on any atom is 0.137 e. The van der Waals surface area contributed by atoms with Gasteiger partial charge in [-0.3, -0.25) is 0 Å². The molecular formula is C15H20FNS. The SMILES string of the molecule is CC(CNC1CCSc2c(F)cccc21)C1CC1. The molecule has 0 saturated heterocycles. The van der Waals surface area contributed by atoms with Gasteiger partial charge in [0, 0.05) is 10.9 Å². The molecule has 0 radical (unpaired) electrons. The molecule has 1 aromatic rings. The van der Waals surface area contributed by atoms with Crippen molar-refractivity contribution in [1.29, 1.82) is 0 Å². The van der Waals surface area contributed by atoms with Crippen LogP contribution in [0.3, 0.4) is 0 Å². The monoisotopic (exact) mass is 265 g/mol. The predicted molar refractivity (Wildman–Crippen MR) is 74.4 cm³/mol. The Kier molecular flexibility index (Phi) is 3.62. The second-order valence-corrected chi connectivity index (χ2v) is 6.68. The molecular weight excluding hydrogens is 245 g/mol. The van der Waals surface area contributed by atoms with E-state index in [1.807, 2.05) is 6.07 Å². The lowest BCUT2D eigenvalue weighted by molar-refractivity contribution is 0.408. The van der Waals surface area contributed by atoms with Crippen LogP contribution in [0.4, 0.5) is 4.39 Å². The zero-order valence-electron chi connectivity index (χ0n) is 10.8. The van der Waals surface area contributed by atoms with E-state index in [9.17, 15) is 4.39 Å². The highest BCUT2D eigenvalue weighted by Crippen LogP contribution is 2.39. The van der Waals surface area contributed by atoms with E-state index in [-0.39, 0.29) is 5.82 Å². The number of hydrogen-bond acceptors (Lipinski definition) is 2. The summed E-state index contributed by atoms with van der Waals surface area (Å²) < 4.78 is 13.7. The van der Waals surface area contributed by atoms with Crippen LogP contribution in [0.15, 0.2) is 23.1 Å². The number of thioether (sulfide) groups is 1. The van der Waals surface area contributed by atoms with Gasteiger partial charge in [0.1, 0.15) is 5.82 Å². The molecule has 2 aliphatic rings. The largest absolute Gasteiger partial charge is 0.310 e. The Morgan fingerprint density at radius 2 is 2.22 bits per heavy atom. The molecule has 18 heavy (non-hydrogen) atoms. The van der Waals surface area contributed by atoms with Gasteiger partial charge in [-0.05, 0) is 55.0 Å². The molecule has 1 aliphatic heterocycles. The van der Waals surface area contributed by atoms with Crippen molar-refractivity contribution in [2.75, 3.05) is 12.3 Å². The maximum atomic E-state index is 13.7. The van der Waals surface area contributed by atoms with Gasteiger partial charge in [-0.15, -0.1) is 11.8 Å². The fraction of sp³-hybridized carbons (Fsp3) is 0.600. The first-order valence-electron chi connectivity index (χ1n) is 6.90. The van der Waals surface area contributed by atoms with Crippen LogP contribution in [0.5, 0.6) is 0 Å². The first-order chi connectivity index (χ1) is 8.75. The average Bonchev–Trinajstić information content (AvgIpc) is 3.21. The Balaban J connectivity index is 1.69. The predicted octanol–water partition coefficient (Wildman–Crippen LogP) is 4.00. The zero-order valence-corrected chi connectivity index (χ0v) is 11.6. The third-order valence-electron chi connectivity index (χ3n) is 4.14. The zero-order chi connectivity index (χ0) is 12.5. The van der Waals surface area contributed by atoms with Gasteiger partial charge in [0.15, 0.2) is 0 Å². The summed E-state index contributed by atoms with van der Waals surface area (Å²) in [6, 6.07) is 5.82. The second-order valence-electron chi connectivity index (χ2n) is 5.57. The Hall–Kier alpha value is -0.540. The summed E-state index contributed by atoms with van der Waals surface area (Å²) in [4.78, 5) is 0.861. The number of benzene rings is 1. The van der Waals surface area contributed by atoms with Gasteiger partial charge in [0.2, 0.25) is 0 Å². The first kappa shape index (κ1) is 12.5. The van der Waals surface area contributed by atoms with E-state index in [4.69, 9.17) is 0 Å². The summed E-state index contributed by atoms with van der Waals surface area (Å²) in [5, 5.41) is 3.65. The normalized spacial score (nSPS) is 24.7. The number of rotatable bonds is 4. The molecule has 1 nitrogen and oxygen atoms in total. The molecule has 0 spiro atoms. The molecule has 1 heterocycles. The van der Waals surface area contributed by atoms with Gasteiger partial charge < -0.3 is 5.32 Å². The first-order valence-corrected chi connectivity index (χ1v) is 7.89. The minimum Gasteiger partial charge on any atom is -0.310 e. The molecule has 1 saturated carbocycles. The highest BCUT2D eigenvalue weighted by atomic mass is 32.2. The van der Waals surface area contributed by atoms with Gasteiger partial charge in [0.05, 0.1) is 0 Å². The molecule has 3 heteroatoms. The topological polar surface area (TPSA) is 12.0 Å². The number of fused-ring (bicyclic) bond motifs is 1. The van der Waals surface area contributed by atoms with Crippen molar-refractivity contribution in [2.24, 2.45) is 11.8 Å². The summed E-state index contributed by atoms with van der Waals surface area (Å²) in [5.41, 5.74) is 1.16. The highest BCUT2D eigenvalue weighted by Gasteiger charge is 2.29. The van der Waals surface area contributed by atoms with Crippen molar-refractivity contribution in [2.45, 2.75) is 37.1 Å². The van der Waals surface area contributed by atoms with Crippen LogP contribution in [-0.4, -0.2) is 12.3 Å². The fourth-order valence-corrected chi connectivity index (χ4v) is 3.90. The Labute approximate surface area is 113 Å². The van der Waals surface area contributed by atoms with Crippen LogP contribution >= 0.6 is 11.8 Å². The minimum absolute atomic E-state index is 0.0563. The average molecular weight is 265 g/mol. The summed E-state index contributed by atoms with van der Waals surface area (Å²) in [6.45, 7) is 3.39. The molecule has 0 aromatic heterocycles. The summed E-state index contributed by atoms with van der Waals surface area (Å²) in [7, 11) is 0. The highest BCUT2D eigenvalue weighted by molar-refractivity contribution is 7.99. The third kappa shape index (κ3) is 2.57. The molecule has 0 bridgehead atoms. The van der Waals surface area contributed by atoms with Gasteiger partial charge in [-0.1, -0.05) is 19.1 Å². The van der Waals surface area contributed by atoms with Crippen LogP contribution in [0.25, 0.3) is 0 Å². The number of nitrogens with one attached hydrogen (secondary N) is 1. The van der Waals surface area contributed by atoms with Gasteiger partial charge in [0.25, 0.3) is 0 Å². The smallest absolute Gasteiger partial charge is 0.137 e. The minimum atomic E-state index is -0.0563. The molecule has 3 rings (SSSR count). The molecule has 1 aliphatic carbocycles. The molecule has 98 valence electrons. The van der Waals surface area contributed by atoms with Crippen molar-refractivity contribution in [1.82, 2.24) is 5.32 Å². The van der Waals surface area contributed by atoms with Gasteiger partial charge in [-0.2, -0.15) is 0 Å². The lowest BCUT2D eigenvalue weighted by atomic mass is 10.0. The molecule has 1 aromatic carbocycles. The lowest BCUT2D eigenvalue weighted by Gasteiger charge is -2.27. The Morgan fingerprint density at radius 3 is 3.00 bits per heavy atom. The van der Waals surface area contributed by atoms with Gasteiger partial charge in [-0.25, -0.2) is 4.39 Å². The quantitative estimate of drug-likeness (QED) is 0.883. The van der Waals surface area contributed by atoms with Crippen molar-refractivity contribution < 1.29 is 4.39 Å². The van der Waals surface area contributed by atoms with Crippen molar-refractivity contribution in [3.63, 3.8) is 0 Å². The van der Waals surface area contributed by atoms with E-state index in [1.54, 1.807) is 17.8 Å². The van der Waals surface area contributed by atoms with Crippen LogP contribution < -0.4 is 5.32 Å². The molecule has 0 amide bonds. The summed E-state index contributed by atoms with van der Waals surface area (Å²) in [6.07, 6.45) is 3.90. The summed E-state index contributed by atoms with van der Waals surface area (Å²) >= 11 is 1.66. The fourth-order valence-electron chi connectivity index (χ4n) is 2.76. The number of hydrogen-bond donors (Lipinski definition) is 1. The van der Waals surface area contributed by atoms with Crippen LogP contribution in [-0.2, 0) is 0 Å². The summed E-state index contributed by atoms with van der Waals surface area (Å²) in [5.74, 6) is 2.65. The number of halogens is 1. The van der Waals surface area contributed by atoms with Crippen LogP contribution in [0, 0.1) is 17.7 Å². The van der Waals surface area contributed by atoms with Gasteiger partial charge >= 0.3 is 0 Å². The van der Waals surface area contributed by atoms with Crippen molar-refractivity contribution >= 4 is 11.8 Å². The van der Waals surface area contributed by atoms with Crippen molar-refractivity contribution in [3.05, 3.63) is 29.6 Å². The Bertz CT molecular complexity index is 431. The molecule has 1 fully saturated rings. The third-order valence-corrected chi connectivity index (χ3v) is 5.30.